The van der Waals surface area contributed by atoms with Crippen LogP contribution in [0.5, 0.6) is 0 Å². The molecule has 0 rings (SSSR count). The minimum atomic E-state index is 0. The molecule has 0 aliphatic rings. The third kappa shape index (κ3) is 9.58. The molecule has 0 spiro atoms. The second kappa shape index (κ2) is 10.3. The molecule has 0 aromatic carbocycles. The number of aliphatic hydroxyl groups excluding tert-OH is 2. The maximum absolute atomic E-state index is 8.15. The maximum atomic E-state index is 8.15. The monoisotopic (exact) mass is 139 g/mol. The minimum absolute atomic E-state index is 0. The fraction of sp³-hybridized carbons (Fsp3) is 1.00. The van der Waals surface area contributed by atoms with E-state index in [2.05, 4.69) is 5.32 Å². The predicted octanol–water partition coefficient (Wildman–Crippen LogP) is -1.38. The lowest BCUT2D eigenvalue weighted by Gasteiger charge is -1.94. The smallest absolute Gasteiger partial charge is 0.0555 e. The number of hydrogen-bond donors (Lipinski definition) is 3. The molecule has 0 saturated heterocycles. The molecule has 0 aliphatic carbocycles. The van der Waals surface area contributed by atoms with Gasteiger partial charge in [-0.05, 0) is 0 Å². The van der Waals surface area contributed by atoms with E-state index in [-0.39, 0.29) is 23.1 Å². The summed E-state index contributed by atoms with van der Waals surface area (Å²) in [7, 11) is 0. The van der Waals surface area contributed by atoms with Gasteiger partial charge in [-0.1, -0.05) is 0 Å². The highest BCUT2D eigenvalue weighted by atomic mass is 31.0. The molecule has 0 aromatic heterocycles. The summed E-state index contributed by atoms with van der Waals surface area (Å²) in [6, 6.07) is 0. The zero-order chi connectivity index (χ0) is 5.54. The van der Waals surface area contributed by atoms with E-state index in [9.17, 15) is 0 Å². The van der Waals surface area contributed by atoms with Crippen molar-refractivity contribution in [3.63, 3.8) is 0 Å². The largest absolute Gasteiger partial charge is 0.395 e. The van der Waals surface area contributed by atoms with Gasteiger partial charge in [-0.3, -0.25) is 0 Å². The first-order valence-electron chi connectivity index (χ1n) is 2.34. The molecule has 0 aliphatic heterocycles. The van der Waals surface area contributed by atoms with Gasteiger partial charge < -0.3 is 15.5 Å². The van der Waals surface area contributed by atoms with Crippen molar-refractivity contribution >= 4 is 9.90 Å². The highest BCUT2D eigenvalue weighted by Crippen LogP contribution is 1.54. The fourth-order valence-electron chi connectivity index (χ4n) is 0.283. The third-order valence-corrected chi connectivity index (χ3v) is 0.577. The summed E-state index contributed by atoms with van der Waals surface area (Å²) in [5, 5.41) is 19.1. The van der Waals surface area contributed by atoms with Crippen LogP contribution in [0.4, 0.5) is 0 Å². The molecule has 0 radical (unpaired) electrons. The Morgan fingerprint density at radius 3 is 1.62 bits per heavy atom. The molecular weight excluding hydrogens is 125 g/mol. The van der Waals surface area contributed by atoms with E-state index in [4.69, 9.17) is 10.2 Å². The van der Waals surface area contributed by atoms with E-state index < -0.39 is 0 Å². The van der Waals surface area contributed by atoms with Crippen LogP contribution in [-0.4, -0.2) is 36.5 Å². The lowest BCUT2D eigenvalue weighted by Crippen LogP contribution is -2.21. The van der Waals surface area contributed by atoms with Gasteiger partial charge >= 0.3 is 0 Å². The van der Waals surface area contributed by atoms with Crippen molar-refractivity contribution in [3.8, 4) is 0 Å². The standard InChI is InChI=1S/C4H11NO2.H3P/c6-3-1-5-2-4-7;/h5-7H,1-4H2;1H3. The average Bonchev–Trinajstić information content (AvgIpc) is 1.69. The van der Waals surface area contributed by atoms with E-state index in [1.165, 1.54) is 0 Å². The summed E-state index contributed by atoms with van der Waals surface area (Å²) in [5.41, 5.74) is 0. The summed E-state index contributed by atoms with van der Waals surface area (Å²) in [6.07, 6.45) is 0. The van der Waals surface area contributed by atoms with Gasteiger partial charge in [0, 0.05) is 13.1 Å². The average molecular weight is 139 g/mol. The predicted molar refractivity (Wildman–Crippen MR) is 38.1 cm³/mol. The van der Waals surface area contributed by atoms with Crippen molar-refractivity contribution in [2.45, 2.75) is 0 Å². The van der Waals surface area contributed by atoms with Crippen LogP contribution in [0.15, 0.2) is 0 Å². The molecular formula is C4H14NO2P. The molecule has 0 aromatic rings. The van der Waals surface area contributed by atoms with Gasteiger partial charge in [-0.15, -0.1) is 0 Å². The van der Waals surface area contributed by atoms with E-state index >= 15 is 0 Å². The summed E-state index contributed by atoms with van der Waals surface area (Å²) >= 11 is 0. The molecule has 1 unspecified atom stereocenters. The van der Waals surface area contributed by atoms with E-state index in [0.717, 1.165) is 0 Å². The Kier molecular flexibility index (Phi) is 14.4. The van der Waals surface area contributed by atoms with Gasteiger partial charge in [0.15, 0.2) is 0 Å². The van der Waals surface area contributed by atoms with Gasteiger partial charge in [0.1, 0.15) is 0 Å². The van der Waals surface area contributed by atoms with Gasteiger partial charge in [0.2, 0.25) is 0 Å². The highest BCUT2D eigenvalue weighted by molar-refractivity contribution is 6.92. The van der Waals surface area contributed by atoms with Crippen molar-refractivity contribution < 1.29 is 10.2 Å². The number of hydrogen-bond acceptors (Lipinski definition) is 3. The molecule has 3 N–H and O–H groups in total. The quantitative estimate of drug-likeness (QED) is 0.332. The van der Waals surface area contributed by atoms with Crippen LogP contribution in [0.2, 0.25) is 0 Å². The Morgan fingerprint density at radius 1 is 1.00 bits per heavy atom. The molecule has 52 valence electrons. The maximum Gasteiger partial charge on any atom is 0.0555 e. The number of rotatable bonds is 4. The topological polar surface area (TPSA) is 52.5 Å². The van der Waals surface area contributed by atoms with Gasteiger partial charge in [-0.25, -0.2) is 0 Å². The minimum Gasteiger partial charge on any atom is -0.395 e. The lowest BCUT2D eigenvalue weighted by atomic mass is 10.6. The van der Waals surface area contributed by atoms with Crippen molar-refractivity contribution in [2.75, 3.05) is 26.3 Å². The molecule has 0 heterocycles. The Morgan fingerprint density at radius 2 is 1.38 bits per heavy atom. The Bertz CT molecular complexity index is 33.2. The summed E-state index contributed by atoms with van der Waals surface area (Å²) < 4.78 is 0. The first-order valence-corrected chi connectivity index (χ1v) is 2.34. The first kappa shape index (κ1) is 11.2. The summed E-state index contributed by atoms with van der Waals surface area (Å²) in [4.78, 5) is 0. The zero-order valence-electron chi connectivity index (χ0n) is 4.93. The lowest BCUT2D eigenvalue weighted by molar-refractivity contribution is 0.267. The number of nitrogens with one attached hydrogen (secondary N) is 1. The molecule has 0 bridgehead atoms. The van der Waals surface area contributed by atoms with Crippen LogP contribution in [-0.2, 0) is 0 Å². The van der Waals surface area contributed by atoms with Crippen LogP contribution < -0.4 is 5.32 Å². The van der Waals surface area contributed by atoms with Gasteiger partial charge in [0.25, 0.3) is 0 Å². The molecule has 0 amide bonds. The summed E-state index contributed by atoms with van der Waals surface area (Å²) in [5.74, 6) is 0. The van der Waals surface area contributed by atoms with Crippen LogP contribution in [0, 0.1) is 0 Å². The van der Waals surface area contributed by atoms with Crippen molar-refractivity contribution in [1.82, 2.24) is 5.32 Å². The molecule has 1 atom stereocenters. The second-order valence-corrected chi connectivity index (χ2v) is 1.20. The third-order valence-electron chi connectivity index (χ3n) is 0.577. The molecule has 4 heteroatoms. The van der Waals surface area contributed by atoms with Crippen LogP contribution in [0.3, 0.4) is 0 Å². The zero-order valence-corrected chi connectivity index (χ0v) is 6.34. The van der Waals surface area contributed by atoms with Crippen molar-refractivity contribution in [1.29, 1.82) is 0 Å². The van der Waals surface area contributed by atoms with Crippen molar-refractivity contribution in [3.05, 3.63) is 0 Å². The second-order valence-electron chi connectivity index (χ2n) is 1.20. The molecule has 3 nitrogen and oxygen atoms in total. The number of aliphatic hydroxyl groups is 2. The van der Waals surface area contributed by atoms with Gasteiger partial charge in [-0.2, -0.15) is 9.90 Å². The van der Waals surface area contributed by atoms with Crippen LogP contribution in [0.1, 0.15) is 0 Å². The molecule has 0 saturated carbocycles. The van der Waals surface area contributed by atoms with E-state index in [0.29, 0.717) is 13.1 Å². The molecule has 8 heavy (non-hydrogen) atoms. The fourth-order valence-corrected chi connectivity index (χ4v) is 0.283. The summed E-state index contributed by atoms with van der Waals surface area (Å²) in [6.45, 7) is 1.42. The first-order chi connectivity index (χ1) is 3.41. The van der Waals surface area contributed by atoms with Gasteiger partial charge in [0.05, 0.1) is 13.2 Å². The normalized spacial score (nSPS) is 8.25. The Labute approximate surface area is 52.7 Å². The highest BCUT2D eigenvalue weighted by Gasteiger charge is 1.78. The SMILES string of the molecule is OCCNCCO.P. The van der Waals surface area contributed by atoms with Crippen molar-refractivity contribution in [2.24, 2.45) is 0 Å². The van der Waals surface area contributed by atoms with Crippen LogP contribution in [0.25, 0.3) is 0 Å². The van der Waals surface area contributed by atoms with E-state index in [1.807, 2.05) is 0 Å². The Hall–Kier alpha value is 0.310. The molecule has 0 fully saturated rings. The van der Waals surface area contributed by atoms with E-state index in [1.54, 1.807) is 0 Å². The Balaban J connectivity index is 0. The van der Waals surface area contributed by atoms with Crippen LogP contribution >= 0.6 is 9.90 Å².